The van der Waals surface area contributed by atoms with Gasteiger partial charge >= 0.3 is 0 Å². The van der Waals surface area contributed by atoms with Gasteiger partial charge < -0.3 is 15.1 Å². The average Bonchev–Trinajstić information content (AvgIpc) is 2.90. The smallest absolute Gasteiger partial charge is 0.275 e. The molecule has 3 N–H and O–H groups in total. The summed E-state index contributed by atoms with van der Waals surface area (Å²) in [6.07, 6.45) is 0. The average molecular weight is 383 g/mol. The van der Waals surface area contributed by atoms with Crippen LogP contribution < -0.4 is 20.0 Å². The molecular weight excluding hydrogens is 352 g/mol. The van der Waals surface area contributed by atoms with Gasteiger partial charge in [-0.2, -0.15) is 0 Å². The summed E-state index contributed by atoms with van der Waals surface area (Å²) in [7, 11) is 0. The molecule has 2 heterocycles. The molecule has 28 heavy (non-hydrogen) atoms. The Balaban J connectivity index is 1.37. The number of hydrogen-bond donors (Lipinski definition) is 3. The number of nitrogens with zero attached hydrogens (tertiary/aromatic N) is 1. The zero-order valence-electron chi connectivity index (χ0n) is 17.0. The zero-order chi connectivity index (χ0) is 19.9. The van der Waals surface area contributed by atoms with Crippen LogP contribution in [0.25, 0.3) is 10.8 Å². The highest BCUT2D eigenvalue weighted by molar-refractivity contribution is 6.24. The predicted molar refractivity (Wildman–Crippen MR) is 110 cm³/mol. The van der Waals surface area contributed by atoms with E-state index in [1.807, 2.05) is 43.9 Å². The second kappa shape index (κ2) is 7.18. The van der Waals surface area contributed by atoms with E-state index in [4.69, 9.17) is 0 Å². The van der Waals surface area contributed by atoms with Crippen molar-refractivity contribution >= 4 is 28.3 Å². The van der Waals surface area contributed by atoms with Crippen LogP contribution in [0.4, 0.5) is 5.69 Å². The van der Waals surface area contributed by atoms with Gasteiger partial charge in [-0.3, -0.25) is 14.5 Å². The summed E-state index contributed by atoms with van der Waals surface area (Å²) in [6.45, 7) is 11.1. The molecule has 2 aliphatic rings. The first kappa shape index (κ1) is 18.9. The van der Waals surface area contributed by atoms with Crippen molar-refractivity contribution in [2.24, 2.45) is 0 Å². The Morgan fingerprint density at radius 2 is 1.68 bits per heavy atom. The summed E-state index contributed by atoms with van der Waals surface area (Å²) in [5.74, 6) is 0.224. The second-order valence-corrected chi connectivity index (χ2v) is 9.05. The van der Waals surface area contributed by atoms with Gasteiger partial charge in [0.15, 0.2) is 13.2 Å². The van der Waals surface area contributed by atoms with Crippen molar-refractivity contribution in [1.82, 2.24) is 5.32 Å². The minimum absolute atomic E-state index is 0.110. The third-order valence-corrected chi connectivity index (χ3v) is 5.62. The fourth-order valence-electron chi connectivity index (χ4n) is 4.34. The van der Waals surface area contributed by atoms with Crippen molar-refractivity contribution in [3.8, 4) is 0 Å². The minimum Gasteiger partial charge on any atom is -0.347 e. The first-order chi connectivity index (χ1) is 13.3. The van der Waals surface area contributed by atoms with Gasteiger partial charge in [-0.05, 0) is 38.3 Å². The normalized spacial score (nSPS) is 22.0. The fourth-order valence-corrected chi connectivity index (χ4v) is 4.34. The number of carbonyl (C=O) groups is 2. The van der Waals surface area contributed by atoms with Gasteiger partial charge in [0.1, 0.15) is 26.2 Å². The van der Waals surface area contributed by atoms with Crippen molar-refractivity contribution in [3.05, 3.63) is 42.0 Å². The zero-order valence-corrected chi connectivity index (χ0v) is 17.0. The predicted octanol–water partition coefficient (Wildman–Crippen LogP) is -0.544. The van der Waals surface area contributed by atoms with Gasteiger partial charge in [-0.15, -0.1) is 0 Å². The van der Waals surface area contributed by atoms with Crippen LogP contribution >= 0.6 is 0 Å². The number of amides is 2. The van der Waals surface area contributed by atoms with Crippen molar-refractivity contribution < 1.29 is 19.4 Å². The number of quaternary nitrogens is 2. The van der Waals surface area contributed by atoms with Crippen LogP contribution in [0.3, 0.4) is 0 Å². The Bertz CT molecular complexity index is 905. The molecule has 2 aromatic rings. The quantitative estimate of drug-likeness (QED) is 0.665. The van der Waals surface area contributed by atoms with Crippen LogP contribution in [0.5, 0.6) is 0 Å². The number of rotatable bonds is 4. The molecule has 148 valence electrons. The molecule has 0 atom stereocenters. The maximum Gasteiger partial charge on any atom is 0.275 e. The van der Waals surface area contributed by atoms with Crippen LogP contribution in [0.15, 0.2) is 36.4 Å². The molecule has 0 aromatic heterocycles. The van der Waals surface area contributed by atoms with Crippen LogP contribution in [-0.2, 0) is 4.79 Å². The van der Waals surface area contributed by atoms with Gasteiger partial charge in [0.2, 0.25) is 0 Å². The Labute approximate surface area is 166 Å². The lowest BCUT2D eigenvalue weighted by atomic mass is 10.1. The van der Waals surface area contributed by atoms with E-state index in [-0.39, 0.29) is 17.4 Å². The van der Waals surface area contributed by atoms with E-state index >= 15 is 0 Å². The lowest BCUT2D eigenvalue weighted by Crippen LogP contribution is -3.29. The summed E-state index contributed by atoms with van der Waals surface area (Å²) >= 11 is 0. The second-order valence-electron chi connectivity index (χ2n) is 9.05. The summed E-state index contributed by atoms with van der Waals surface area (Å²) in [5, 5.41) is 5.25. The lowest BCUT2D eigenvalue weighted by Gasteiger charge is -2.32. The molecule has 2 amide bonds. The standard InChI is InChI=1S/C22H28N4O2/c1-22(2,3)23-19(27)14-24-10-12-25(13-11-24)15-26-18-9-5-7-16-6-4-8-17(20(16)18)21(26)28/h4-9H,10-15H2,1-3H3,(H,23,27)/p+2. The molecule has 0 spiro atoms. The largest absolute Gasteiger partial charge is 0.347 e. The summed E-state index contributed by atoms with van der Waals surface area (Å²) in [5.41, 5.74) is 1.66. The molecule has 6 nitrogen and oxygen atoms in total. The van der Waals surface area contributed by atoms with Crippen molar-refractivity contribution in [2.75, 3.05) is 44.3 Å². The maximum absolute atomic E-state index is 12.9. The van der Waals surface area contributed by atoms with E-state index in [2.05, 4.69) is 23.5 Å². The Kier molecular flexibility index (Phi) is 4.85. The Morgan fingerprint density at radius 1 is 1.04 bits per heavy atom. The molecule has 6 heteroatoms. The molecule has 0 saturated carbocycles. The fraction of sp³-hybridized carbons (Fsp3) is 0.455. The van der Waals surface area contributed by atoms with Crippen molar-refractivity contribution in [3.63, 3.8) is 0 Å². The molecule has 2 aromatic carbocycles. The van der Waals surface area contributed by atoms with E-state index < -0.39 is 0 Å². The van der Waals surface area contributed by atoms with E-state index in [1.54, 1.807) is 0 Å². The van der Waals surface area contributed by atoms with Gasteiger partial charge in [0, 0.05) is 10.9 Å². The lowest BCUT2D eigenvalue weighted by molar-refractivity contribution is -1.01. The van der Waals surface area contributed by atoms with E-state index in [0.717, 1.165) is 48.2 Å². The molecule has 0 radical (unpaired) electrons. The monoisotopic (exact) mass is 382 g/mol. The highest BCUT2D eigenvalue weighted by Crippen LogP contribution is 2.36. The number of carbonyl (C=O) groups excluding carboxylic acids is 2. The summed E-state index contributed by atoms with van der Waals surface area (Å²) in [4.78, 5) is 29.8. The molecule has 1 saturated heterocycles. The number of hydrogen-bond acceptors (Lipinski definition) is 2. The molecular formula is C22H30N4O2+2. The van der Waals surface area contributed by atoms with Crippen LogP contribution in [0, 0.1) is 0 Å². The molecule has 0 aliphatic carbocycles. The molecule has 1 fully saturated rings. The van der Waals surface area contributed by atoms with Gasteiger partial charge in [0.05, 0.1) is 11.3 Å². The van der Waals surface area contributed by atoms with Crippen LogP contribution in [0.2, 0.25) is 0 Å². The van der Waals surface area contributed by atoms with Crippen molar-refractivity contribution in [1.29, 1.82) is 0 Å². The minimum atomic E-state index is -0.185. The number of benzene rings is 2. The van der Waals surface area contributed by atoms with E-state index in [1.165, 1.54) is 9.80 Å². The van der Waals surface area contributed by atoms with Crippen LogP contribution in [-0.4, -0.2) is 56.7 Å². The van der Waals surface area contributed by atoms with E-state index in [9.17, 15) is 9.59 Å². The highest BCUT2D eigenvalue weighted by atomic mass is 16.2. The summed E-state index contributed by atoms with van der Waals surface area (Å²) in [6, 6.07) is 12.1. The Hall–Kier alpha value is -2.44. The number of nitrogens with one attached hydrogen (secondary N) is 3. The molecule has 2 aliphatic heterocycles. The third-order valence-electron chi connectivity index (χ3n) is 5.62. The molecule has 0 unspecified atom stereocenters. The van der Waals surface area contributed by atoms with Crippen LogP contribution in [0.1, 0.15) is 31.1 Å². The number of anilines is 1. The molecule has 0 bridgehead atoms. The molecule has 4 rings (SSSR count). The first-order valence-corrected chi connectivity index (χ1v) is 10.1. The van der Waals surface area contributed by atoms with Crippen molar-refractivity contribution in [2.45, 2.75) is 26.3 Å². The van der Waals surface area contributed by atoms with Gasteiger partial charge in [-0.25, -0.2) is 0 Å². The summed E-state index contributed by atoms with van der Waals surface area (Å²) < 4.78 is 0. The SMILES string of the molecule is CC(C)(C)NC(=O)C[NH+]1CC[NH+](CN2C(=O)c3cccc4cccc2c34)CC1. The highest BCUT2D eigenvalue weighted by Gasteiger charge is 2.34. The topological polar surface area (TPSA) is 58.3 Å². The first-order valence-electron chi connectivity index (χ1n) is 10.1. The van der Waals surface area contributed by atoms with E-state index in [0.29, 0.717) is 13.2 Å². The third kappa shape index (κ3) is 3.75. The van der Waals surface area contributed by atoms with Gasteiger partial charge in [-0.1, -0.05) is 24.3 Å². The van der Waals surface area contributed by atoms with Gasteiger partial charge in [0.25, 0.3) is 11.8 Å². The number of piperazine rings is 1. The maximum atomic E-state index is 12.9. The Morgan fingerprint density at radius 3 is 2.36 bits per heavy atom.